The van der Waals surface area contributed by atoms with Crippen LogP contribution in [0.5, 0.6) is 0 Å². The Hall–Kier alpha value is -1.36. The van der Waals surface area contributed by atoms with Crippen molar-refractivity contribution in [1.82, 2.24) is 0 Å². The van der Waals surface area contributed by atoms with Crippen molar-refractivity contribution >= 4 is 25.6 Å². The van der Waals surface area contributed by atoms with Crippen LogP contribution in [0.25, 0.3) is 0 Å². The maximum Gasteiger partial charge on any atom is 0.132 e. The highest BCUT2D eigenvalue weighted by atomic mass is 16.2. The number of aliphatic hydroxyl groups excluding tert-OH is 1. The van der Waals surface area contributed by atoms with Crippen molar-refractivity contribution in [2.24, 2.45) is 23.2 Å². The normalized spacial score (nSPS) is 14.5. The fraction of sp³-hybridized carbons (Fsp3) is 0.750. The first kappa shape index (κ1) is 27.9. The molecule has 0 aliphatic rings. The molecule has 0 heterocycles. The highest BCUT2D eigenvalue weighted by Crippen LogP contribution is 2.36. The highest BCUT2D eigenvalue weighted by molar-refractivity contribution is 5.79. The van der Waals surface area contributed by atoms with E-state index in [0.29, 0.717) is 5.92 Å². The molecule has 0 aliphatic carbocycles. The third-order valence-electron chi connectivity index (χ3n) is 3.55. The second kappa shape index (κ2) is 16.7. The van der Waals surface area contributed by atoms with E-state index in [1.54, 1.807) is 6.92 Å². The Labute approximate surface area is 129 Å². The van der Waals surface area contributed by atoms with Crippen LogP contribution in [0.15, 0.2) is 0 Å². The minimum Gasteiger partial charge on any atom is -0.400 e. The Morgan fingerprint density at radius 3 is 1.62 bits per heavy atom. The molecular formula is C16H32O5. The van der Waals surface area contributed by atoms with E-state index in [4.69, 9.17) is 14.7 Å². The quantitative estimate of drug-likeness (QED) is 0.761. The van der Waals surface area contributed by atoms with Crippen LogP contribution in [0.3, 0.4) is 0 Å². The van der Waals surface area contributed by atoms with Crippen LogP contribution in [0.4, 0.5) is 0 Å². The third-order valence-corrected chi connectivity index (χ3v) is 3.55. The van der Waals surface area contributed by atoms with Gasteiger partial charge in [-0.25, -0.2) is 0 Å². The summed E-state index contributed by atoms with van der Waals surface area (Å²) in [4.78, 5) is 38.5. The third kappa shape index (κ3) is 12.1. The van der Waals surface area contributed by atoms with E-state index in [0.717, 1.165) is 19.8 Å². The van der Waals surface area contributed by atoms with Crippen molar-refractivity contribution in [3.05, 3.63) is 0 Å². The summed E-state index contributed by atoms with van der Waals surface area (Å²) >= 11 is 0. The Morgan fingerprint density at radius 2 is 1.43 bits per heavy atom. The first-order valence-electron chi connectivity index (χ1n) is 6.73. The molecular weight excluding hydrogens is 272 g/mol. The van der Waals surface area contributed by atoms with Crippen molar-refractivity contribution < 1.29 is 24.3 Å². The highest BCUT2D eigenvalue weighted by Gasteiger charge is 2.36. The lowest BCUT2D eigenvalue weighted by Crippen LogP contribution is -2.35. The van der Waals surface area contributed by atoms with Gasteiger partial charge in [0.2, 0.25) is 0 Å². The molecule has 21 heavy (non-hydrogen) atoms. The molecule has 0 amide bonds. The van der Waals surface area contributed by atoms with Gasteiger partial charge in [-0.05, 0) is 25.2 Å². The maximum absolute atomic E-state index is 11.3. The van der Waals surface area contributed by atoms with Crippen molar-refractivity contribution in [2.45, 2.75) is 48.0 Å². The lowest BCUT2D eigenvalue weighted by Gasteiger charge is -2.34. The standard InChI is InChI=1S/C13H24O2.CH4O.2CH2O/c1-9(2)7-13(6,8-14)11(4)10(3)12(5)15;3*1-2/h8-11H,7H2,1-6H3;2H,1H3;2*1H2. The first-order valence-corrected chi connectivity index (χ1v) is 6.73. The first-order chi connectivity index (χ1) is 9.74. The molecule has 0 rings (SSSR count). The number of hydrogen-bond acceptors (Lipinski definition) is 5. The zero-order valence-corrected chi connectivity index (χ0v) is 14.5. The van der Waals surface area contributed by atoms with E-state index in [9.17, 15) is 9.59 Å². The molecule has 0 radical (unpaired) electrons. The number of aliphatic hydroxyl groups is 1. The van der Waals surface area contributed by atoms with Crippen LogP contribution in [0.2, 0.25) is 0 Å². The van der Waals surface area contributed by atoms with Crippen molar-refractivity contribution in [2.75, 3.05) is 7.11 Å². The monoisotopic (exact) mass is 304 g/mol. The predicted molar refractivity (Wildman–Crippen MR) is 85.0 cm³/mol. The van der Waals surface area contributed by atoms with Gasteiger partial charge >= 0.3 is 0 Å². The van der Waals surface area contributed by atoms with Crippen molar-refractivity contribution in [3.8, 4) is 0 Å². The van der Waals surface area contributed by atoms with Gasteiger partial charge in [0.15, 0.2) is 0 Å². The predicted octanol–water partition coefficient (Wildman–Crippen LogP) is 2.34. The average molecular weight is 304 g/mol. The fourth-order valence-corrected chi connectivity index (χ4v) is 2.14. The number of hydrogen-bond donors (Lipinski definition) is 1. The summed E-state index contributed by atoms with van der Waals surface area (Å²) in [7, 11) is 1.00. The van der Waals surface area contributed by atoms with Gasteiger partial charge in [-0.15, -0.1) is 0 Å². The number of carbonyl (C=O) groups excluding carboxylic acids is 4. The Bertz CT molecular complexity index is 263. The summed E-state index contributed by atoms with van der Waals surface area (Å²) in [6.07, 6.45) is 1.87. The van der Waals surface area contributed by atoms with Crippen molar-refractivity contribution in [3.63, 3.8) is 0 Å². The van der Waals surface area contributed by atoms with Crippen LogP contribution < -0.4 is 0 Å². The molecule has 5 heteroatoms. The summed E-state index contributed by atoms with van der Waals surface area (Å²) in [5.74, 6) is 0.704. The molecule has 5 nitrogen and oxygen atoms in total. The molecule has 3 unspecified atom stereocenters. The fourth-order valence-electron chi connectivity index (χ4n) is 2.14. The van der Waals surface area contributed by atoms with E-state index < -0.39 is 0 Å². The summed E-state index contributed by atoms with van der Waals surface area (Å²) in [5, 5.41) is 7.00. The maximum atomic E-state index is 11.3. The number of Topliss-reactive ketones (excluding diaryl/α,β-unsaturated/α-hetero) is 1. The second-order valence-corrected chi connectivity index (χ2v) is 5.41. The van der Waals surface area contributed by atoms with Gasteiger partial charge in [0, 0.05) is 18.4 Å². The lowest BCUT2D eigenvalue weighted by atomic mass is 9.68. The molecule has 0 aromatic rings. The zero-order valence-electron chi connectivity index (χ0n) is 14.5. The zero-order chi connectivity index (χ0) is 18.2. The van der Waals surface area contributed by atoms with E-state index in [1.165, 1.54) is 0 Å². The number of rotatable bonds is 6. The molecule has 0 aliphatic heterocycles. The number of aldehydes is 1. The van der Waals surface area contributed by atoms with Crippen LogP contribution in [-0.4, -0.2) is 37.9 Å². The molecule has 126 valence electrons. The molecule has 0 bridgehead atoms. The van der Waals surface area contributed by atoms with E-state index in [2.05, 4.69) is 13.8 Å². The van der Waals surface area contributed by atoms with E-state index in [1.807, 2.05) is 34.3 Å². The Balaban J connectivity index is -0.000000212. The SMILES string of the molecule is C=O.C=O.CC(=O)C(C)C(C)C(C)(C=O)CC(C)C.CO. The van der Waals surface area contributed by atoms with E-state index >= 15 is 0 Å². The summed E-state index contributed by atoms with van der Waals surface area (Å²) < 4.78 is 0. The van der Waals surface area contributed by atoms with Gasteiger partial charge in [-0.3, -0.25) is 4.79 Å². The van der Waals surface area contributed by atoms with Gasteiger partial charge in [-0.1, -0.05) is 34.6 Å². The average Bonchev–Trinajstić information content (AvgIpc) is 2.50. The van der Waals surface area contributed by atoms with Crippen LogP contribution in [0, 0.1) is 23.2 Å². The second-order valence-electron chi connectivity index (χ2n) is 5.41. The topological polar surface area (TPSA) is 88.5 Å². The molecule has 0 aromatic heterocycles. The molecule has 0 fully saturated rings. The molecule has 0 aromatic carbocycles. The van der Waals surface area contributed by atoms with Gasteiger partial charge in [0.25, 0.3) is 0 Å². The largest absolute Gasteiger partial charge is 0.400 e. The number of ketones is 1. The molecule has 0 saturated carbocycles. The van der Waals surface area contributed by atoms with Crippen molar-refractivity contribution in [1.29, 1.82) is 0 Å². The van der Waals surface area contributed by atoms with Crippen LogP contribution >= 0.6 is 0 Å². The summed E-state index contributed by atoms with van der Waals surface area (Å²) in [6.45, 7) is 15.7. The molecule has 1 N–H and O–H groups in total. The minimum absolute atomic E-state index is 0.0426. The molecule has 3 atom stereocenters. The summed E-state index contributed by atoms with van der Waals surface area (Å²) in [5.41, 5.74) is -0.376. The molecule has 0 saturated heterocycles. The molecule has 0 spiro atoms. The smallest absolute Gasteiger partial charge is 0.132 e. The van der Waals surface area contributed by atoms with Gasteiger partial charge < -0.3 is 19.5 Å². The van der Waals surface area contributed by atoms with Crippen LogP contribution in [-0.2, 0) is 19.2 Å². The number of carbonyl (C=O) groups is 4. The summed E-state index contributed by atoms with van der Waals surface area (Å²) in [6, 6.07) is 0. The minimum atomic E-state index is -0.376. The van der Waals surface area contributed by atoms with E-state index in [-0.39, 0.29) is 23.0 Å². The Kier molecular flexibility index (Phi) is 22.2. The Morgan fingerprint density at radius 1 is 1.10 bits per heavy atom. The lowest BCUT2D eigenvalue weighted by molar-refractivity contribution is -0.126. The van der Waals surface area contributed by atoms with Gasteiger partial charge in [0.1, 0.15) is 25.6 Å². The van der Waals surface area contributed by atoms with Gasteiger partial charge in [-0.2, -0.15) is 0 Å². The van der Waals surface area contributed by atoms with Crippen LogP contribution in [0.1, 0.15) is 48.0 Å². The van der Waals surface area contributed by atoms with Gasteiger partial charge in [0.05, 0.1) is 0 Å².